The molecule has 1 heterocycles. The molecule has 5 nitrogen and oxygen atoms in total. The fourth-order valence-electron chi connectivity index (χ4n) is 3.78. The zero-order chi connectivity index (χ0) is 21.5. The molecule has 0 aliphatic carbocycles. The summed E-state index contributed by atoms with van der Waals surface area (Å²) in [6, 6.07) is 22.0. The predicted octanol–water partition coefficient (Wildman–Crippen LogP) is 4.48. The van der Waals surface area contributed by atoms with Gasteiger partial charge in [0, 0.05) is 23.9 Å². The lowest BCUT2D eigenvalue weighted by Gasteiger charge is -2.31. The van der Waals surface area contributed by atoms with Gasteiger partial charge in [-0.2, -0.15) is 0 Å². The fourth-order valence-corrected chi connectivity index (χ4v) is 5.24. The van der Waals surface area contributed by atoms with Gasteiger partial charge in [0.25, 0.3) is 15.9 Å². The molecule has 1 aliphatic heterocycles. The normalized spacial score (nSPS) is 15.0. The van der Waals surface area contributed by atoms with Crippen LogP contribution in [0.15, 0.2) is 77.7 Å². The van der Waals surface area contributed by atoms with Crippen LogP contribution in [0.2, 0.25) is 0 Å². The molecule has 152 valence electrons. The summed E-state index contributed by atoms with van der Waals surface area (Å²) < 4.78 is 28.1. The largest absolute Gasteiger partial charge is 0.321 e. The van der Waals surface area contributed by atoms with Crippen molar-refractivity contribution in [2.75, 3.05) is 16.7 Å². The molecule has 0 unspecified atom stereocenters. The third kappa shape index (κ3) is 3.19. The molecule has 3 aromatic carbocycles. The Bertz CT molecular complexity index is 1260. The molecule has 4 rings (SSSR count). The molecule has 0 aromatic heterocycles. The maximum absolute atomic E-state index is 13.5. The third-order valence-corrected chi connectivity index (χ3v) is 7.17. The van der Waals surface area contributed by atoms with E-state index in [1.54, 1.807) is 12.1 Å². The Morgan fingerprint density at radius 3 is 2.10 bits per heavy atom. The van der Waals surface area contributed by atoms with Crippen molar-refractivity contribution in [2.24, 2.45) is 0 Å². The minimum absolute atomic E-state index is 0.252. The Kier molecular flexibility index (Phi) is 4.95. The number of nitrogens with zero attached hydrogens (tertiary/aromatic N) is 1. The zero-order valence-electron chi connectivity index (χ0n) is 17.0. The molecule has 1 amide bonds. The average Bonchev–Trinajstić information content (AvgIpc) is 2.74. The Morgan fingerprint density at radius 2 is 1.43 bits per heavy atom. The van der Waals surface area contributed by atoms with Gasteiger partial charge >= 0.3 is 0 Å². The van der Waals surface area contributed by atoms with Gasteiger partial charge in [0.1, 0.15) is 0 Å². The summed E-state index contributed by atoms with van der Waals surface area (Å²) in [6.45, 7) is 3.76. The monoisotopic (exact) mass is 418 g/mol. The van der Waals surface area contributed by atoms with Gasteiger partial charge in [-0.25, -0.2) is 8.42 Å². The van der Waals surface area contributed by atoms with E-state index in [4.69, 9.17) is 0 Å². The van der Waals surface area contributed by atoms with Crippen LogP contribution in [-0.2, 0) is 14.8 Å². The van der Waals surface area contributed by atoms with Crippen LogP contribution in [-0.4, -0.2) is 21.4 Å². The third-order valence-electron chi connectivity index (χ3n) is 5.35. The van der Waals surface area contributed by atoms with Crippen LogP contribution >= 0.6 is 0 Å². The van der Waals surface area contributed by atoms with E-state index in [0.29, 0.717) is 28.1 Å². The van der Waals surface area contributed by atoms with Crippen LogP contribution in [0.25, 0.3) is 5.57 Å². The molecule has 1 N–H and O–H groups in total. The van der Waals surface area contributed by atoms with Crippen molar-refractivity contribution < 1.29 is 13.2 Å². The molecule has 0 atom stereocenters. The first-order valence-electron chi connectivity index (χ1n) is 9.58. The Balaban J connectivity index is 1.99. The van der Waals surface area contributed by atoms with Crippen molar-refractivity contribution in [3.8, 4) is 0 Å². The van der Waals surface area contributed by atoms with Crippen LogP contribution in [0, 0.1) is 13.8 Å². The first-order chi connectivity index (χ1) is 14.3. The summed E-state index contributed by atoms with van der Waals surface area (Å²) in [5, 5.41) is 2.85. The molecule has 0 saturated carbocycles. The van der Waals surface area contributed by atoms with Crippen LogP contribution in [0.1, 0.15) is 22.3 Å². The van der Waals surface area contributed by atoms with E-state index in [1.165, 1.54) is 11.4 Å². The number of aryl methyl sites for hydroxylation is 2. The summed E-state index contributed by atoms with van der Waals surface area (Å²) >= 11 is 0. The number of para-hydroxylation sites is 2. The Labute approximate surface area is 176 Å². The van der Waals surface area contributed by atoms with E-state index >= 15 is 0 Å². The highest BCUT2D eigenvalue weighted by Crippen LogP contribution is 2.42. The lowest BCUT2D eigenvalue weighted by atomic mass is 9.95. The maximum atomic E-state index is 13.5. The summed E-state index contributed by atoms with van der Waals surface area (Å²) in [5.41, 5.74) is 4.69. The number of hydrogen-bond acceptors (Lipinski definition) is 3. The lowest BCUT2D eigenvalue weighted by molar-refractivity contribution is -0.112. The average molecular weight is 419 g/mol. The van der Waals surface area contributed by atoms with Crippen molar-refractivity contribution in [3.63, 3.8) is 0 Å². The maximum Gasteiger partial charge on any atom is 0.270 e. The van der Waals surface area contributed by atoms with E-state index in [-0.39, 0.29) is 4.91 Å². The second-order valence-corrected chi connectivity index (χ2v) is 9.19. The number of amides is 1. The number of anilines is 2. The van der Waals surface area contributed by atoms with E-state index in [0.717, 1.165) is 11.1 Å². The van der Waals surface area contributed by atoms with E-state index in [1.807, 2.05) is 74.5 Å². The molecule has 0 fully saturated rings. The molecule has 0 spiro atoms. The Morgan fingerprint density at radius 1 is 0.833 bits per heavy atom. The highest BCUT2D eigenvalue weighted by molar-refractivity contribution is 7.97. The van der Waals surface area contributed by atoms with Crippen LogP contribution in [0.4, 0.5) is 11.4 Å². The number of benzene rings is 3. The number of rotatable bonds is 3. The second-order valence-electron chi connectivity index (χ2n) is 7.28. The van der Waals surface area contributed by atoms with Crippen LogP contribution in [0.3, 0.4) is 0 Å². The van der Waals surface area contributed by atoms with Gasteiger partial charge in [-0.05, 0) is 36.6 Å². The number of carbonyl (C=O) groups excluding carboxylic acids is 1. The van der Waals surface area contributed by atoms with Crippen molar-refractivity contribution in [3.05, 3.63) is 100.0 Å². The highest BCUT2D eigenvalue weighted by atomic mass is 32.2. The first-order valence-corrected chi connectivity index (χ1v) is 11.0. The molecular weight excluding hydrogens is 396 g/mol. The molecule has 30 heavy (non-hydrogen) atoms. The number of sulfonamides is 1. The second kappa shape index (κ2) is 7.46. The number of hydrogen-bond donors (Lipinski definition) is 1. The van der Waals surface area contributed by atoms with E-state index < -0.39 is 15.9 Å². The number of nitrogens with one attached hydrogen (secondary N) is 1. The minimum atomic E-state index is -4.06. The van der Waals surface area contributed by atoms with Gasteiger partial charge < -0.3 is 5.32 Å². The molecule has 1 aliphatic rings. The Hall–Kier alpha value is -3.38. The van der Waals surface area contributed by atoms with Crippen molar-refractivity contribution >= 4 is 32.9 Å². The molecule has 3 aromatic rings. The van der Waals surface area contributed by atoms with Gasteiger partial charge in [0.05, 0.1) is 5.69 Å². The van der Waals surface area contributed by atoms with Gasteiger partial charge in [0.2, 0.25) is 0 Å². The minimum Gasteiger partial charge on any atom is -0.321 e. The summed E-state index contributed by atoms with van der Waals surface area (Å²) in [5.74, 6) is -0.646. The fraction of sp³-hybridized carbons (Fsp3) is 0.125. The standard InChI is InChI=1S/C24H22N2O3S/c1-16-10-9-11-17(2)22(16)25-24(27)23-21(18-12-5-4-6-13-18)19-14-7-8-15-20(19)26(3)30(23,28)29/h4-15H,1-3H3,(H,25,27). The molecule has 0 bridgehead atoms. The van der Waals surface area contributed by atoms with Crippen LogP contribution < -0.4 is 9.62 Å². The van der Waals surface area contributed by atoms with Gasteiger partial charge in [-0.3, -0.25) is 9.10 Å². The number of carbonyl (C=O) groups is 1. The van der Waals surface area contributed by atoms with Crippen molar-refractivity contribution in [1.82, 2.24) is 0 Å². The highest BCUT2D eigenvalue weighted by Gasteiger charge is 2.39. The smallest absolute Gasteiger partial charge is 0.270 e. The lowest BCUT2D eigenvalue weighted by Crippen LogP contribution is -2.37. The van der Waals surface area contributed by atoms with Gasteiger partial charge in [-0.15, -0.1) is 0 Å². The summed E-state index contributed by atoms with van der Waals surface area (Å²) in [6.07, 6.45) is 0. The zero-order valence-corrected chi connectivity index (χ0v) is 17.8. The predicted molar refractivity (Wildman–Crippen MR) is 121 cm³/mol. The molecular formula is C24H22N2O3S. The van der Waals surface area contributed by atoms with Gasteiger partial charge in [0.15, 0.2) is 4.91 Å². The SMILES string of the molecule is Cc1cccc(C)c1NC(=O)C1=C(c2ccccc2)c2ccccc2N(C)S1(=O)=O. The molecule has 6 heteroatoms. The first kappa shape index (κ1) is 19.9. The summed E-state index contributed by atoms with van der Waals surface area (Å²) in [7, 11) is -2.58. The molecule has 0 radical (unpaired) electrons. The van der Waals surface area contributed by atoms with Crippen molar-refractivity contribution in [1.29, 1.82) is 0 Å². The van der Waals surface area contributed by atoms with Crippen molar-refractivity contribution in [2.45, 2.75) is 13.8 Å². The topological polar surface area (TPSA) is 66.5 Å². The van der Waals surface area contributed by atoms with Gasteiger partial charge in [-0.1, -0.05) is 66.7 Å². The van der Waals surface area contributed by atoms with E-state index in [2.05, 4.69) is 5.32 Å². The van der Waals surface area contributed by atoms with Crippen LogP contribution in [0.5, 0.6) is 0 Å². The summed E-state index contributed by atoms with van der Waals surface area (Å²) in [4.78, 5) is 13.2. The van der Waals surface area contributed by atoms with E-state index in [9.17, 15) is 13.2 Å². The molecule has 0 saturated heterocycles. The number of fused-ring (bicyclic) bond motifs is 1. The quantitative estimate of drug-likeness (QED) is 0.682.